The van der Waals surface area contributed by atoms with Crippen molar-refractivity contribution in [3.63, 3.8) is 0 Å². The van der Waals surface area contributed by atoms with Crippen molar-refractivity contribution in [3.05, 3.63) is 23.8 Å². The number of hydrogen-bond acceptors (Lipinski definition) is 4. The number of benzene rings is 1. The highest BCUT2D eigenvalue weighted by Crippen LogP contribution is 2.29. The summed E-state index contributed by atoms with van der Waals surface area (Å²) in [5.41, 5.74) is -0.0558. The Morgan fingerprint density at radius 2 is 1.85 bits per heavy atom. The molecule has 0 radical (unpaired) electrons. The van der Waals surface area contributed by atoms with Gasteiger partial charge in [-0.2, -0.15) is 0 Å². The monoisotopic (exact) mass is 279 g/mol. The minimum Gasteiger partial charge on any atom is -0.504 e. The molecule has 1 aliphatic carbocycles. The van der Waals surface area contributed by atoms with E-state index in [1.807, 2.05) is 0 Å². The number of carboxylic acids is 1. The number of phenols is 2. The summed E-state index contributed by atoms with van der Waals surface area (Å²) < 4.78 is 0. The molecule has 2 rings (SSSR count). The van der Waals surface area contributed by atoms with Crippen molar-refractivity contribution in [2.24, 2.45) is 5.92 Å². The Balaban J connectivity index is 2.14. The van der Waals surface area contributed by atoms with Crippen molar-refractivity contribution in [3.8, 4) is 11.5 Å². The Morgan fingerprint density at radius 3 is 2.55 bits per heavy atom. The first-order valence-corrected chi connectivity index (χ1v) is 6.55. The van der Waals surface area contributed by atoms with Gasteiger partial charge in [-0.3, -0.25) is 9.59 Å². The number of carbonyl (C=O) groups is 2. The van der Waals surface area contributed by atoms with Gasteiger partial charge in [-0.25, -0.2) is 0 Å². The van der Waals surface area contributed by atoms with Crippen LogP contribution in [0.2, 0.25) is 0 Å². The molecule has 2 atom stereocenters. The van der Waals surface area contributed by atoms with Gasteiger partial charge in [0.25, 0.3) is 5.91 Å². The van der Waals surface area contributed by atoms with Crippen molar-refractivity contribution < 1.29 is 24.9 Å². The summed E-state index contributed by atoms with van der Waals surface area (Å²) in [4.78, 5) is 23.2. The van der Waals surface area contributed by atoms with Crippen LogP contribution in [0.25, 0.3) is 0 Å². The highest BCUT2D eigenvalue weighted by molar-refractivity contribution is 5.98. The average molecular weight is 279 g/mol. The van der Waals surface area contributed by atoms with E-state index in [-0.39, 0.29) is 11.3 Å². The number of carbonyl (C=O) groups excluding carboxylic acids is 1. The van der Waals surface area contributed by atoms with Gasteiger partial charge in [0.05, 0.1) is 11.5 Å². The molecule has 6 nitrogen and oxygen atoms in total. The Hall–Kier alpha value is -2.24. The molecular weight excluding hydrogens is 262 g/mol. The largest absolute Gasteiger partial charge is 0.504 e. The van der Waals surface area contributed by atoms with Gasteiger partial charge in [0, 0.05) is 6.04 Å². The van der Waals surface area contributed by atoms with Crippen LogP contribution in [0, 0.1) is 5.92 Å². The fraction of sp³-hybridized carbons (Fsp3) is 0.429. The van der Waals surface area contributed by atoms with Gasteiger partial charge in [0.15, 0.2) is 11.5 Å². The van der Waals surface area contributed by atoms with Gasteiger partial charge in [0.1, 0.15) is 0 Å². The first-order valence-electron chi connectivity index (χ1n) is 6.55. The molecule has 0 bridgehead atoms. The zero-order valence-electron chi connectivity index (χ0n) is 10.9. The van der Waals surface area contributed by atoms with E-state index in [1.165, 1.54) is 18.2 Å². The zero-order chi connectivity index (χ0) is 14.7. The third-order valence-electron chi connectivity index (χ3n) is 3.66. The number of carboxylic acid groups (broad SMARTS) is 1. The van der Waals surface area contributed by atoms with E-state index in [1.54, 1.807) is 0 Å². The maximum absolute atomic E-state index is 12.1. The van der Waals surface area contributed by atoms with Gasteiger partial charge in [-0.05, 0) is 25.0 Å². The first-order chi connectivity index (χ1) is 9.50. The van der Waals surface area contributed by atoms with E-state index < -0.39 is 29.6 Å². The molecule has 1 aromatic carbocycles. The van der Waals surface area contributed by atoms with Crippen LogP contribution in [0.3, 0.4) is 0 Å². The molecule has 20 heavy (non-hydrogen) atoms. The Labute approximate surface area is 116 Å². The van der Waals surface area contributed by atoms with Crippen molar-refractivity contribution in [1.82, 2.24) is 5.32 Å². The van der Waals surface area contributed by atoms with E-state index >= 15 is 0 Å². The molecule has 0 saturated heterocycles. The molecule has 0 aromatic heterocycles. The number of amides is 1. The highest BCUT2D eigenvalue weighted by Gasteiger charge is 2.32. The predicted octanol–water partition coefficient (Wildman–Crippen LogP) is 1.47. The van der Waals surface area contributed by atoms with Gasteiger partial charge < -0.3 is 20.6 Å². The SMILES string of the molecule is O=C(NC1CCCCC1C(=O)O)c1cccc(O)c1O. The van der Waals surface area contributed by atoms with Gasteiger partial charge >= 0.3 is 5.97 Å². The molecule has 0 spiro atoms. The number of aromatic hydroxyl groups is 2. The summed E-state index contributed by atoms with van der Waals surface area (Å²) in [6.45, 7) is 0. The molecular formula is C14H17NO5. The summed E-state index contributed by atoms with van der Waals surface area (Å²) in [5, 5.41) is 30.8. The summed E-state index contributed by atoms with van der Waals surface area (Å²) >= 11 is 0. The number of nitrogens with one attached hydrogen (secondary N) is 1. The second-order valence-corrected chi connectivity index (χ2v) is 4.98. The standard InChI is InChI=1S/C14H17NO5/c16-11-7-3-5-9(12(11)17)13(18)15-10-6-2-1-4-8(10)14(19)20/h3,5,7-8,10,16-17H,1-2,4,6H2,(H,15,18)(H,19,20). The van der Waals surface area contributed by atoms with Crippen molar-refractivity contribution in [2.75, 3.05) is 0 Å². The first kappa shape index (κ1) is 14.2. The highest BCUT2D eigenvalue weighted by atomic mass is 16.4. The third-order valence-corrected chi connectivity index (χ3v) is 3.66. The lowest BCUT2D eigenvalue weighted by molar-refractivity contribution is -0.143. The van der Waals surface area contributed by atoms with Crippen LogP contribution >= 0.6 is 0 Å². The molecule has 6 heteroatoms. The second kappa shape index (κ2) is 5.81. The van der Waals surface area contributed by atoms with Gasteiger partial charge in [0.2, 0.25) is 0 Å². The normalized spacial score (nSPS) is 22.2. The summed E-state index contributed by atoms with van der Waals surface area (Å²) in [6.07, 6.45) is 2.83. The molecule has 2 unspecified atom stereocenters. The molecule has 1 fully saturated rings. The lowest BCUT2D eigenvalue weighted by atomic mass is 9.84. The van der Waals surface area contributed by atoms with Crippen LogP contribution in [0.4, 0.5) is 0 Å². The fourth-order valence-corrected chi connectivity index (χ4v) is 2.56. The van der Waals surface area contributed by atoms with Gasteiger partial charge in [-0.1, -0.05) is 18.9 Å². The molecule has 108 valence electrons. The number of para-hydroxylation sites is 1. The molecule has 1 aliphatic rings. The molecule has 1 aromatic rings. The Kier molecular flexibility index (Phi) is 4.12. The van der Waals surface area contributed by atoms with Crippen LogP contribution in [-0.2, 0) is 4.79 Å². The molecule has 1 saturated carbocycles. The van der Waals surface area contributed by atoms with E-state index in [2.05, 4.69) is 5.32 Å². The molecule has 4 N–H and O–H groups in total. The predicted molar refractivity (Wildman–Crippen MR) is 70.6 cm³/mol. The lowest BCUT2D eigenvalue weighted by Gasteiger charge is -2.29. The van der Waals surface area contributed by atoms with Crippen LogP contribution in [0.15, 0.2) is 18.2 Å². The minimum atomic E-state index is -0.921. The zero-order valence-corrected chi connectivity index (χ0v) is 10.9. The number of hydrogen-bond donors (Lipinski definition) is 4. The van der Waals surface area contributed by atoms with Crippen LogP contribution in [0.1, 0.15) is 36.0 Å². The summed E-state index contributed by atoms with van der Waals surface area (Å²) in [5.74, 6) is -2.97. The smallest absolute Gasteiger partial charge is 0.308 e. The van der Waals surface area contributed by atoms with Crippen molar-refractivity contribution >= 4 is 11.9 Å². The number of rotatable bonds is 3. The van der Waals surface area contributed by atoms with Crippen molar-refractivity contribution in [1.29, 1.82) is 0 Å². The van der Waals surface area contributed by atoms with E-state index in [4.69, 9.17) is 5.11 Å². The van der Waals surface area contributed by atoms with Crippen LogP contribution < -0.4 is 5.32 Å². The summed E-state index contributed by atoms with van der Waals surface area (Å²) in [6, 6.07) is 3.64. The quantitative estimate of drug-likeness (QED) is 0.627. The summed E-state index contributed by atoms with van der Waals surface area (Å²) in [7, 11) is 0. The minimum absolute atomic E-state index is 0.0558. The average Bonchev–Trinajstić information content (AvgIpc) is 2.42. The topological polar surface area (TPSA) is 107 Å². The van der Waals surface area contributed by atoms with Crippen LogP contribution in [0.5, 0.6) is 11.5 Å². The second-order valence-electron chi connectivity index (χ2n) is 4.98. The van der Waals surface area contributed by atoms with E-state index in [9.17, 15) is 19.8 Å². The Bertz CT molecular complexity index is 528. The molecule has 0 heterocycles. The van der Waals surface area contributed by atoms with Crippen molar-refractivity contribution in [2.45, 2.75) is 31.7 Å². The molecule has 0 aliphatic heterocycles. The molecule has 1 amide bonds. The van der Waals surface area contributed by atoms with E-state index in [0.717, 1.165) is 12.8 Å². The number of phenolic OH excluding ortho intramolecular Hbond substituents is 2. The lowest BCUT2D eigenvalue weighted by Crippen LogP contribution is -2.45. The van der Waals surface area contributed by atoms with Crippen LogP contribution in [-0.4, -0.2) is 33.2 Å². The fourth-order valence-electron chi connectivity index (χ4n) is 2.56. The third kappa shape index (κ3) is 2.84. The van der Waals surface area contributed by atoms with E-state index in [0.29, 0.717) is 12.8 Å². The van der Waals surface area contributed by atoms with Gasteiger partial charge in [-0.15, -0.1) is 0 Å². The Morgan fingerprint density at radius 1 is 1.15 bits per heavy atom. The maximum atomic E-state index is 12.1. The number of aliphatic carboxylic acids is 1. The maximum Gasteiger partial charge on any atom is 0.308 e.